The molecule has 3 rings (SSSR count). The fraction of sp³-hybridized carbons (Fsp3) is 0.381. The summed E-state index contributed by atoms with van der Waals surface area (Å²) < 4.78 is 40.4. The first-order valence-corrected chi connectivity index (χ1v) is 9.66. The van der Waals surface area contributed by atoms with Gasteiger partial charge in [0.2, 0.25) is 5.91 Å². The number of rotatable bonds is 5. The minimum Gasteiger partial charge on any atom is -0.406 e. The minimum atomic E-state index is -4.76. The summed E-state index contributed by atoms with van der Waals surface area (Å²) in [6.07, 6.45) is -4.76. The van der Waals surface area contributed by atoms with Gasteiger partial charge in [0.15, 0.2) is 0 Å². The van der Waals surface area contributed by atoms with Gasteiger partial charge in [-0.2, -0.15) is 5.26 Å². The number of hydrogen-bond acceptors (Lipinski definition) is 6. The van der Waals surface area contributed by atoms with Crippen LogP contribution in [0.25, 0.3) is 0 Å². The maximum Gasteiger partial charge on any atom is 0.573 e. The SMILES string of the molecule is Cc1cc(N2CCN(CC(=O)Nc3ccc(OC(F)(F)F)cc3)CC2)c(C#N)c(C)n1. The lowest BCUT2D eigenvalue weighted by atomic mass is 10.1. The van der Waals surface area contributed by atoms with E-state index >= 15 is 0 Å². The molecule has 0 aliphatic carbocycles. The van der Waals surface area contributed by atoms with Crippen molar-refractivity contribution in [2.75, 3.05) is 42.9 Å². The molecule has 1 fully saturated rings. The number of hydrogen-bond donors (Lipinski definition) is 1. The van der Waals surface area contributed by atoms with Crippen molar-refractivity contribution in [3.63, 3.8) is 0 Å². The Morgan fingerprint density at radius 1 is 1.19 bits per heavy atom. The predicted molar refractivity (Wildman–Crippen MR) is 109 cm³/mol. The van der Waals surface area contributed by atoms with Gasteiger partial charge >= 0.3 is 6.36 Å². The molecular formula is C21H22F3N5O2. The summed E-state index contributed by atoms with van der Waals surface area (Å²) in [5, 5.41) is 12.1. The van der Waals surface area contributed by atoms with Gasteiger partial charge < -0.3 is 15.0 Å². The number of piperazine rings is 1. The molecule has 1 amide bonds. The smallest absolute Gasteiger partial charge is 0.406 e. The standard InChI is InChI=1S/C21H22F3N5O2/c1-14-11-19(18(12-25)15(2)26-14)29-9-7-28(8-10-29)13-20(30)27-16-3-5-17(6-4-16)31-21(22,23)24/h3-6,11H,7-10,13H2,1-2H3,(H,27,30). The Bertz CT molecular complexity index is 978. The third-order valence-corrected chi connectivity index (χ3v) is 4.87. The van der Waals surface area contributed by atoms with E-state index in [2.05, 4.69) is 26.0 Å². The number of carbonyl (C=O) groups excluding carboxylic acids is 1. The summed E-state index contributed by atoms with van der Waals surface area (Å²) >= 11 is 0. The number of halogens is 3. The Morgan fingerprint density at radius 3 is 2.42 bits per heavy atom. The Balaban J connectivity index is 1.52. The van der Waals surface area contributed by atoms with Crippen LogP contribution in [-0.4, -0.2) is 54.9 Å². The molecule has 1 saturated heterocycles. The number of nitrogens with zero attached hydrogens (tertiary/aromatic N) is 4. The van der Waals surface area contributed by atoms with E-state index < -0.39 is 6.36 Å². The molecule has 0 radical (unpaired) electrons. The number of ether oxygens (including phenoxy) is 1. The van der Waals surface area contributed by atoms with Crippen LogP contribution >= 0.6 is 0 Å². The molecular weight excluding hydrogens is 411 g/mol. The predicted octanol–water partition coefficient (Wildman–Crippen LogP) is 3.23. The van der Waals surface area contributed by atoms with Crippen LogP contribution in [0.2, 0.25) is 0 Å². The Morgan fingerprint density at radius 2 is 1.84 bits per heavy atom. The van der Waals surface area contributed by atoms with Gasteiger partial charge in [-0.3, -0.25) is 14.7 Å². The number of anilines is 2. The summed E-state index contributed by atoms with van der Waals surface area (Å²) in [7, 11) is 0. The van der Waals surface area contributed by atoms with Crippen molar-refractivity contribution in [1.82, 2.24) is 9.88 Å². The summed E-state index contributed by atoms with van der Waals surface area (Å²) in [6, 6.07) is 9.13. The largest absolute Gasteiger partial charge is 0.573 e. The van der Waals surface area contributed by atoms with Crippen molar-refractivity contribution in [1.29, 1.82) is 5.26 Å². The number of amides is 1. The molecule has 0 saturated carbocycles. The number of aryl methyl sites for hydroxylation is 2. The second kappa shape index (κ2) is 9.22. The summed E-state index contributed by atoms with van der Waals surface area (Å²) in [5.74, 6) is -0.605. The first kappa shape index (κ1) is 22.4. The van der Waals surface area contributed by atoms with Crippen molar-refractivity contribution in [2.24, 2.45) is 0 Å². The van der Waals surface area contributed by atoms with Crippen molar-refractivity contribution in [3.05, 3.63) is 47.3 Å². The van der Waals surface area contributed by atoms with E-state index in [0.29, 0.717) is 43.1 Å². The van der Waals surface area contributed by atoms with Gasteiger partial charge in [-0.25, -0.2) is 0 Å². The Labute approximate surface area is 178 Å². The molecule has 2 heterocycles. The molecule has 1 N–H and O–H groups in total. The van der Waals surface area contributed by atoms with Gasteiger partial charge in [0.1, 0.15) is 11.8 Å². The first-order valence-electron chi connectivity index (χ1n) is 9.66. The van der Waals surface area contributed by atoms with Crippen LogP contribution in [0.1, 0.15) is 17.0 Å². The zero-order valence-corrected chi connectivity index (χ0v) is 17.2. The third-order valence-electron chi connectivity index (χ3n) is 4.87. The first-order chi connectivity index (χ1) is 14.6. The van der Waals surface area contributed by atoms with Crippen molar-refractivity contribution in [3.8, 4) is 11.8 Å². The zero-order chi connectivity index (χ0) is 22.6. The number of carbonyl (C=O) groups is 1. The molecule has 0 spiro atoms. The highest BCUT2D eigenvalue weighted by Gasteiger charge is 2.31. The molecule has 0 bridgehead atoms. The molecule has 164 valence electrons. The molecule has 1 aliphatic rings. The van der Waals surface area contributed by atoms with Crippen LogP contribution in [0.4, 0.5) is 24.5 Å². The lowest BCUT2D eigenvalue weighted by Crippen LogP contribution is -2.49. The maximum absolute atomic E-state index is 12.3. The molecule has 0 atom stereocenters. The average Bonchev–Trinajstić information content (AvgIpc) is 2.68. The van der Waals surface area contributed by atoms with Gasteiger partial charge in [-0.05, 0) is 44.2 Å². The monoisotopic (exact) mass is 433 g/mol. The van der Waals surface area contributed by atoms with Crippen LogP contribution in [0.3, 0.4) is 0 Å². The number of benzene rings is 1. The second-order valence-corrected chi connectivity index (χ2v) is 7.24. The molecule has 1 aliphatic heterocycles. The Kier molecular flexibility index (Phi) is 6.65. The molecule has 1 aromatic heterocycles. The van der Waals surface area contributed by atoms with E-state index in [0.717, 1.165) is 23.5 Å². The van der Waals surface area contributed by atoms with Crippen LogP contribution in [0.5, 0.6) is 5.75 Å². The molecule has 7 nitrogen and oxygen atoms in total. The van der Waals surface area contributed by atoms with Gasteiger partial charge in [0.05, 0.1) is 23.5 Å². The maximum atomic E-state index is 12.3. The van der Waals surface area contributed by atoms with Crippen molar-refractivity contribution in [2.45, 2.75) is 20.2 Å². The molecule has 31 heavy (non-hydrogen) atoms. The van der Waals surface area contributed by atoms with Gasteiger partial charge in [-0.15, -0.1) is 13.2 Å². The normalized spacial score (nSPS) is 14.8. The van der Waals surface area contributed by atoms with E-state index in [1.165, 1.54) is 12.1 Å². The van der Waals surface area contributed by atoms with Crippen LogP contribution < -0.4 is 15.0 Å². The Hall–Kier alpha value is -3.32. The van der Waals surface area contributed by atoms with E-state index in [1.54, 1.807) is 0 Å². The lowest BCUT2D eigenvalue weighted by Gasteiger charge is -2.36. The number of nitriles is 1. The van der Waals surface area contributed by atoms with E-state index in [9.17, 15) is 23.2 Å². The van der Waals surface area contributed by atoms with Crippen molar-refractivity contribution < 1.29 is 22.7 Å². The summed E-state index contributed by atoms with van der Waals surface area (Å²) in [6.45, 7) is 6.46. The average molecular weight is 433 g/mol. The van der Waals surface area contributed by atoms with E-state index in [1.807, 2.05) is 24.8 Å². The molecule has 0 unspecified atom stereocenters. The third kappa shape index (κ3) is 6.08. The molecule has 1 aromatic carbocycles. The van der Waals surface area contributed by atoms with E-state index in [4.69, 9.17) is 0 Å². The van der Waals surface area contributed by atoms with Gasteiger partial charge in [-0.1, -0.05) is 0 Å². The lowest BCUT2D eigenvalue weighted by molar-refractivity contribution is -0.274. The van der Waals surface area contributed by atoms with Crippen LogP contribution in [0, 0.1) is 25.2 Å². The van der Waals surface area contributed by atoms with Gasteiger partial charge in [0, 0.05) is 37.6 Å². The fourth-order valence-corrected chi connectivity index (χ4v) is 3.49. The highest BCUT2D eigenvalue weighted by atomic mass is 19.4. The summed E-state index contributed by atoms with van der Waals surface area (Å²) in [5.41, 5.74) is 3.36. The van der Waals surface area contributed by atoms with Gasteiger partial charge in [0.25, 0.3) is 0 Å². The van der Waals surface area contributed by atoms with Crippen LogP contribution in [-0.2, 0) is 4.79 Å². The minimum absolute atomic E-state index is 0.161. The zero-order valence-electron chi connectivity index (χ0n) is 17.2. The topological polar surface area (TPSA) is 81.5 Å². The summed E-state index contributed by atoms with van der Waals surface area (Å²) in [4.78, 5) is 20.8. The number of pyridine rings is 1. The molecule has 10 heteroatoms. The fourth-order valence-electron chi connectivity index (χ4n) is 3.49. The number of nitrogens with one attached hydrogen (secondary N) is 1. The number of alkyl halides is 3. The van der Waals surface area contributed by atoms with E-state index in [-0.39, 0.29) is 18.2 Å². The van der Waals surface area contributed by atoms with Crippen LogP contribution in [0.15, 0.2) is 30.3 Å². The molecule has 2 aromatic rings. The quantitative estimate of drug-likeness (QED) is 0.780. The second-order valence-electron chi connectivity index (χ2n) is 7.24. The highest BCUT2D eigenvalue weighted by Crippen LogP contribution is 2.25. The highest BCUT2D eigenvalue weighted by molar-refractivity contribution is 5.92. The number of aromatic nitrogens is 1. The van der Waals surface area contributed by atoms with Crippen molar-refractivity contribution >= 4 is 17.3 Å².